The molecule has 0 aliphatic heterocycles. The third kappa shape index (κ3) is 6.40. The zero-order valence-electron chi connectivity index (χ0n) is 13.1. The second kappa shape index (κ2) is 7.65. The summed E-state index contributed by atoms with van der Waals surface area (Å²) in [4.78, 5) is 22.8. The number of carboxylic acids is 1. The van der Waals surface area contributed by atoms with Crippen LogP contribution in [0.5, 0.6) is 0 Å². The molecule has 4 heteroatoms. The molecule has 0 aromatic heterocycles. The van der Waals surface area contributed by atoms with Crippen LogP contribution in [0.2, 0.25) is 0 Å². The Labute approximate surface area is 122 Å². The van der Waals surface area contributed by atoms with Crippen molar-refractivity contribution in [2.45, 2.75) is 65.7 Å². The number of carbonyl (C=O) groups is 2. The van der Waals surface area contributed by atoms with Crippen LogP contribution in [0.3, 0.4) is 0 Å². The predicted molar refractivity (Wildman–Crippen MR) is 79.4 cm³/mol. The van der Waals surface area contributed by atoms with Crippen LogP contribution < -0.4 is 5.32 Å². The van der Waals surface area contributed by atoms with Gasteiger partial charge in [0.2, 0.25) is 5.91 Å². The van der Waals surface area contributed by atoms with E-state index in [-0.39, 0.29) is 17.7 Å². The van der Waals surface area contributed by atoms with Crippen molar-refractivity contribution < 1.29 is 14.7 Å². The molecule has 0 radical (unpaired) electrons. The third-order valence-electron chi connectivity index (χ3n) is 4.10. The number of unbranched alkanes of at least 4 members (excludes halogenated alkanes) is 1. The van der Waals surface area contributed by atoms with Crippen molar-refractivity contribution in [3.63, 3.8) is 0 Å². The molecular formula is C16H29NO3. The third-order valence-corrected chi connectivity index (χ3v) is 4.10. The maximum absolute atomic E-state index is 12.0. The molecular weight excluding hydrogens is 254 g/mol. The first kappa shape index (κ1) is 17.0. The van der Waals surface area contributed by atoms with E-state index in [2.05, 4.69) is 26.1 Å². The second-order valence-corrected chi connectivity index (χ2v) is 7.20. The van der Waals surface area contributed by atoms with E-state index in [1.807, 2.05) is 0 Å². The Bertz CT molecular complexity index is 325. The van der Waals surface area contributed by atoms with Crippen LogP contribution in [0.25, 0.3) is 0 Å². The highest BCUT2D eigenvalue weighted by molar-refractivity contribution is 5.79. The van der Waals surface area contributed by atoms with Crippen molar-refractivity contribution in [2.75, 3.05) is 6.54 Å². The summed E-state index contributed by atoms with van der Waals surface area (Å²) < 4.78 is 0. The molecule has 2 N–H and O–H groups in total. The fourth-order valence-electron chi connectivity index (χ4n) is 2.74. The first-order chi connectivity index (χ1) is 9.29. The Balaban J connectivity index is 2.13. The van der Waals surface area contributed by atoms with Crippen molar-refractivity contribution in [1.82, 2.24) is 5.32 Å². The van der Waals surface area contributed by atoms with E-state index in [1.165, 1.54) is 6.42 Å². The minimum absolute atomic E-state index is 0.0215. The standard InChI is InChI=1S/C16H29NO3/c1-16(2,3)10-4-5-11-17-14(18)12-6-8-13(9-7-12)15(19)20/h12-13H,4-11H2,1-3H3,(H,17,18)(H,19,20). The Morgan fingerprint density at radius 2 is 1.60 bits per heavy atom. The summed E-state index contributed by atoms with van der Waals surface area (Å²) in [5.41, 5.74) is 0.360. The van der Waals surface area contributed by atoms with Crippen LogP contribution >= 0.6 is 0 Å². The molecule has 0 aromatic rings. The van der Waals surface area contributed by atoms with Gasteiger partial charge in [0.15, 0.2) is 0 Å². The lowest BCUT2D eigenvalue weighted by atomic mass is 9.81. The summed E-state index contributed by atoms with van der Waals surface area (Å²) in [6.45, 7) is 7.43. The molecule has 0 atom stereocenters. The van der Waals surface area contributed by atoms with Crippen LogP contribution in [0.15, 0.2) is 0 Å². The number of carboxylic acid groups (broad SMARTS) is 1. The van der Waals surface area contributed by atoms with Gasteiger partial charge in [-0.05, 0) is 43.9 Å². The Kier molecular flexibility index (Phi) is 6.50. The molecule has 4 nitrogen and oxygen atoms in total. The maximum Gasteiger partial charge on any atom is 0.306 e. The van der Waals surface area contributed by atoms with Gasteiger partial charge < -0.3 is 10.4 Å². The lowest BCUT2D eigenvalue weighted by Gasteiger charge is -2.25. The molecule has 20 heavy (non-hydrogen) atoms. The van der Waals surface area contributed by atoms with Gasteiger partial charge in [0.1, 0.15) is 0 Å². The summed E-state index contributed by atoms with van der Waals surface area (Å²) in [6, 6.07) is 0. The number of amides is 1. The van der Waals surface area contributed by atoms with Gasteiger partial charge >= 0.3 is 5.97 Å². The number of hydrogen-bond acceptors (Lipinski definition) is 2. The number of rotatable bonds is 6. The summed E-state index contributed by atoms with van der Waals surface area (Å²) in [7, 11) is 0. The molecule has 1 fully saturated rings. The topological polar surface area (TPSA) is 66.4 Å². The first-order valence-electron chi connectivity index (χ1n) is 7.80. The lowest BCUT2D eigenvalue weighted by Crippen LogP contribution is -2.34. The molecule has 0 spiro atoms. The second-order valence-electron chi connectivity index (χ2n) is 7.20. The normalized spacial score (nSPS) is 23.4. The highest BCUT2D eigenvalue weighted by atomic mass is 16.4. The fraction of sp³-hybridized carbons (Fsp3) is 0.875. The molecule has 0 saturated heterocycles. The van der Waals surface area contributed by atoms with Crippen LogP contribution in [-0.2, 0) is 9.59 Å². The van der Waals surface area contributed by atoms with Crippen molar-refractivity contribution in [3.8, 4) is 0 Å². The van der Waals surface area contributed by atoms with Gasteiger partial charge in [-0.1, -0.05) is 27.2 Å². The van der Waals surface area contributed by atoms with Crippen LogP contribution in [-0.4, -0.2) is 23.5 Å². The fourth-order valence-corrected chi connectivity index (χ4v) is 2.74. The van der Waals surface area contributed by atoms with Crippen molar-refractivity contribution >= 4 is 11.9 Å². The van der Waals surface area contributed by atoms with Gasteiger partial charge in [0.25, 0.3) is 0 Å². The van der Waals surface area contributed by atoms with Gasteiger partial charge in [-0.25, -0.2) is 0 Å². The molecule has 0 bridgehead atoms. The molecule has 116 valence electrons. The maximum atomic E-state index is 12.0. The smallest absolute Gasteiger partial charge is 0.306 e. The average molecular weight is 283 g/mol. The predicted octanol–water partition coefficient (Wildman–Crippen LogP) is 3.21. The van der Waals surface area contributed by atoms with Crippen molar-refractivity contribution in [3.05, 3.63) is 0 Å². The molecule has 1 amide bonds. The van der Waals surface area contributed by atoms with Crippen LogP contribution in [0, 0.1) is 17.3 Å². The molecule has 1 aliphatic rings. The van der Waals surface area contributed by atoms with E-state index in [4.69, 9.17) is 5.11 Å². The summed E-state index contributed by atoms with van der Waals surface area (Å²) in [6.07, 6.45) is 6.03. The Hall–Kier alpha value is -1.06. The quantitative estimate of drug-likeness (QED) is 0.736. The molecule has 1 rings (SSSR count). The van der Waals surface area contributed by atoms with Gasteiger partial charge in [-0.2, -0.15) is 0 Å². The van der Waals surface area contributed by atoms with Crippen LogP contribution in [0.1, 0.15) is 65.7 Å². The lowest BCUT2D eigenvalue weighted by molar-refractivity contribution is -0.144. The summed E-state index contributed by atoms with van der Waals surface area (Å²) >= 11 is 0. The Morgan fingerprint density at radius 3 is 2.10 bits per heavy atom. The number of aliphatic carboxylic acids is 1. The molecule has 0 heterocycles. The van der Waals surface area contributed by atoms with Gasteiger partial charge in [-0.15, -0.1) is 0 Å². The molecule has 1 aliphatic carbocycles. The van der Waals surface area contributed by atoms with E-state index in [0.29, 0.717) is 31.1 Å². The summed E-state index contributed by atoms with van der Waals surface area (Å²) in [5.74, 6) is -0.824. The van der Waals surface area contributed by atoms with Gasteiger partial charge in [0.05, 0.1) is 5.92 Å². The molecule has 0 unspecified atom stereocenters. The minimum atomic E-state index is -0.717. The first-order valence-corrected chi connectivity index (χ1v) is 7.80. The van der Waals surface area contributed by atoms with Crippen molar-refractivity contribution in [2.24, 2.45) is 17.3 Å². The minimum Gasteiger partial charge on any atom is -0.481 e. The van der Waals surface area contributed by atoms with Crippen LogP contribution in [0.4, 0.5) is 0 Å². The molecule has 1 saturated carbocycles. The number of hydrogen-bond donors (Lipinski definition) is 2. The van der Waals surface area contributed by atoms with Crippen molar-refractivity contribution in [1.29, 1.82) is 0 Å². The number of nitrogens with one attached hydrogen (secondary N) is 1. The van der Waals surface area contributed by atoms with E-state index < -0.39 is 5.97 Å². The van der Waals surface area contributed by atoms with Gasteiger partial charge in [0, 0.05) is 12.5 Å². The largest absolute Gasteiger partial charge is 0.481 e. The molecule has 0 aromatic carbocycles. The zero-order valence-corrected chi connectivity index (χ0v) is 13.1. The SMILES string of the molecule is CC(C)(C)CCCCNC(=O)C1CCC(C(=O)O)CC1. The van der Waals surface area contributed by atoms with E-state index in [1.54, 1.807) is 0 Å². The van der Waals surface area contributed by atoms with E-state index in [0.717, 1.165) is 19.4 Å². The zero-order chi connectivity index (χ0) is 15.2. The average Bonchev–Trinajstić information content (AvgIpc) is 2.37. The highest BCUT2D eigenvalue weighted by Gasteiger charge is 2.29. The Morgan fingerprint density at radius 1 is 1.05 bits per heavy atom. The van der Waals surface area contributed by atoms with E-state index >= 15 is 0 Å². The monoisotopic (exact) mass is 283 g/mol. The van der Waals surface area contributed by atoms with E-state index in [9.17, 15) is 9.59 Å². The summed E-state index contributed by atoms with van der Waals surface area (Å²) in [5, 5.41) is 11.9. The highest BCUT2D eigenvalue weighted by Crippen LogP contribution is 2.29. The van der Waals surface area contributed by atoms with Gasteiger partial charge in [-0.3, -0.25) is 9.59 Å². The number of carbonyl (C=O) groups excluding carboxylic acids is 1.